The summed E-state index contributed by atoms with van der Waals surface area (Å²) in [4.78, 5) is 45.3. The molecule has 0 aliphatic heterocycles. The summed E-state index contributed by atoms with van der Waals surface area (Å²) in [6.07, 6.45) is 1.92. The topological polar surface area (TPSA) is 125 Å². The quantitative estimate of drug-likeness (QED) is 0.180. The first-order valence-electron chi connectivity index (χ1n) is 12.2. The van der Waals surface area contributed by atoms with E-state index in [1.54, 1.807) is 13.3 Å². The number of benzene rings is 1. The molecule has 210 valence electrons. The predicted molar refractivity (Wildman–Crippen MR) is 150 cm³/mol. The molecule has 0 fully saturated rings. The minimum Gasteiger partial charge on any atom is -1.00 e. The zero-order chi connectivity index (χ0) is 28.2. The first-order chi connectivity index (χ1) is 17.7. The number of pyridine rings is 1. The third kappa shape index (κ3) is 5.12. The van der Waals surface area contributed by atoms with Crippen LogP contribution in [0.3, 0.4) is 0 Å². The number of rotatable bonds is 8. The second-order valence-corrected chi connectivity index (χ2v) is 12.0. The van der Waals surface area contributed by atoms with E-state index in [1.807, 2.05) is 57.4 Å². The standard InChI is InChI=1S/C27H32N4O5S2.ClH/c1-14-19(11-27(38,13-37)23(35)28-12-21(32)33)31(8-7-20(14)36-6)24-29-17-9-15-16(10-18(17)30-24)26(4,5)22(34)25(15,2)3;/h7-10H,11-13H2,1-6H3,(H4-,28,29,30,32,33,35,37,38);1H. The average Bonchev–Trinajstić information content (AvgIpc) is 3.34. The third-order valence-electron chi connectivity index (χ3n) is 7.55. The fraction of sp³-hybridized carbons (Fsp3) is 0.444. The van der Waals surface area contributed by atoms with Gasteiger partial charge >= 0.3 is 11.9 Å². The number of thiol groups is 2. The maximum absolute atomic E-state index is 13.1. The van der Waals surface area contributed by atoms with E-state index in [0.717, 1.165) is 27.7 Å². The van der Waals surface area contributed by atoms with E-state index in [9.17, 15) is 14.4 Å². The lowest BCUT2D eigenvalue weighted by Gasteiger charge is -2.26. The number of ether oxygens (including phenoxy) is 1. The molecule has 2 aromatic heterocycles. The molecule has 12 heteroatoms. The number of nitrogens with zero attached hydrogens (tertiary/aromatic N) is 2. The van der Waals surface area contributed by atoms with Gasteiger partial charge in [0.05, 0.1) is 19.0 Å². The third-order valence-corrected chi connectivity index (χ3v) is 8.86. The predicted octanol–water partition coefficient (Wildman–Crippen LogP) is -0.360. The van der Waals surface area contributed by atoms with Crippen molar-refractivity contribution >= 4 is 54.0 Å². The van der Waals surface area contributed by atoms with Crippen LogP contribution in [0, 0.1) is 6.92 Å². The number of carbonyl (C=O) groups is 3. The number of amides is 1. The highest BCUT2D eigenvalue weighted by molar-refractivity contribution is 7.86. The number of carboxylic acid groups (broad SMARTS) is 1. The number of methoxy groups -OCH3 is 1. The fourth-order valence-electron chi connectivity index (χ4n) is 5.34. The smallest absolute Gasteiger partial charge is 0.402 e. The molecule has 1 aliphatic rings. The second kappa shape index (κ2) is 10.7. The number of carbonyl (C=O) groups excluding carboxylic acids is 2. The Bertz CT molecular complexity index is 1430. The van der Waals surface area contributed by atoms with Crippen molar-refractivity contribution in [1.82, 2.24) is 15.3 Å². The van der Waals surface area contributed by atoms with Gasteiger partial charge in [0.15, 0.2) is 11.3 Å². The van der Waals surface area contributed by atoms with Crippen molar-refractivity contribution in [1.29, 1.82) is 0 Å². The number of carboxylic acids is 1. The van der Waals surface area contributed by atoms with E-state index in [2.05, 4.69) is 35.6 Å². The van der Waals surface area contributed by atoms with E-state index in [-0.39, 0.29) is 30.4 Å². The van der Waals surface area contributed by atoms with Crippen LogP contribution in [0.5, 0.6) is 5.75 Å². The van der Waals surface area contributed by atoms with Gasteiger partial charge < -0.3 is 27.6 Å². The first-order valence-corrected chi connectivity index (χ1v) is 13.3. The SMILES string of the molecule is COc1cc[n+](-c2nc3cc4c(cc3[nH]2)C(C)(C)C(=O)C4(C)C)c(CC(S)(CS)C(=O)NCC(=O)O)c1C.[Cl-]. The van der Waals surface area contributed by atoms with Gasteiger partial charge in [-0.3, -0.25) is 14.4 Å². The number of Topliss-reactive ketones (excluding diaryl/α,β-unsaturated/α-hetero) is 1. The first kappa shape index (κ1) is 30.8. The van der Waals surface area contributed by atoms with E-state index in [4.69, 9.17) is 14.8 Å². The van der Waals surface area contributed by atoms with Gasteiger partial charge in [0, 0.05) is 34.6 Å². The molecule has 2 heterocycles. The number of ketones is 1. The van der Waals surface area contributed by atoms with Gasteiger partial charge in [0.25, 0.3) is 0 Å². The van der Waals surface area contributed by atoms with Gasteiger partial charge in [-0.05, 0) is 57.9 Å². The summed E-state index contributed by atoms with van der Waals surface area (Å²) < 4.78 is 6.06. The van der Waals surface area contributed by atoms with Crippen LogP contribution in [0.1, 0.15) is 50.1 Å². The van der Waals surface area contributed by atoms with Gasteiger partial charge in [-0.15, -0.1) is 0 Å². The summed E-state index contributed by atoms with van der Waals surface area (Å²) in [7, 11) is 1.57. The minimum atomic E-state index is -1.31. The number of fused-ring (bicyclic) bond motifs is 2. The lowest BCUT2D eigenvalue weighted by molar-refractivity contribution is -0.612. The maximum atomic E-state index is 13.1. The Balaban J connectivity index is 0.00000420. The van der Waals surface area contributed by atoms with E-state index < -0.39 is 34.0 Å². The molecule has 0 radical (unpaired) electrons. The Hall–Kier alpha value is -2.76. The number of imidazole rings is 1. The molecule has 9 nitrogen and oxygen atoms in total. The summed E-state index contributed by atoms with van der Waals surface area (Å²) in [5.41, 5.74) is 3.68. The Morgan fingerprint density at radius 3 is 2.38 bits per heavy atom. The molecule has 1 aromatic carbocycles. The van der Waals surface area contributed by atoms with E-state index >= 15 is 0 Å². The maximum Gasteiger partial charge on any atom is 0.402 e. The summed E-state index contributed by atoms with van der Waals surface area (Å²) in [6, 6.07) is 5.78. The summed E-state index contributed by atoms with van der Waals surface area (Å²) in [5.74, 6) is -0.316. The highest BCUT2D eigenvalue weighted by Crippen LogP contribution is 2.47. The fourth-order valence-corrected chi connectivity index (χ4v) is 5.82. The second-order valence-electron chi connectivity index (χ2n) is 10.8. The normalized spacial score (nSPS) is 16.8. The monoisotopic (exact) mass is 592 g/mol. The van der Waals surface area contributed by atoms with Crippen molar-refractivity contribution < 1.29 is 41.2 Å². The molecule has 1 aliphatic carbocycles. The number of nitrogens with one attached hydrogen (secondary N) is 2. The van der Waals surface area contributed by atoms with Crippen LogP contribution in [0.25, 0.3) is 17.0 Å². The largest absolute Gasteiger partial charge is 1.00 e. The molecular weight excluding hydrogens is 560 g/mol. The van der Waals surface area contributed by atoms with Crippen LogP contribution in [-0.2, 0) is 31.6 Å². The Morgan fingerprint density at radius 1 is 1.21 bits per heavy atom. The number of halogens is 1. The molecule has 1 unspecified atom stereocenters. The zero-order valence-corrected chi connectivity index (χ0v) is 25.2. The zero-order valence-electron chi connectivity index (χ0n) is 22.7. The van der Waals surface area contributed by atoms with Crippen molar-refractivity contribution in [3.05, 3.63) is 46.8 Å². The van der Waals surface area contributed by atoms with Crippen LogP contribution >= 0.6 is 25.3 Å². The average molecular weight is 593 g/mol. The van der Waals surface area contributed by atoms with E-state index in [0.29, 0.717) is 17.4 Å². The number of aliphatic carboxylic acids is 1. The molecule has 0 bridgehead atoms. The van der Waals surface area contributed by atoms with Crippen LogP contribution in [0.15, 0.2) is 24.4 Å². The van der Waals surface area contributed by atoms with Gasteiger partial charge in [0.1, 0.15) is 22.6 Å². The molecule has 0 spiro atoms. The molecular formula is C27H33ClN4O5S2. The Morgan fingerprint density at radius 2 is 1.82 bits per heavy atom. The highest BCUT2D eigenvalue weighted by Gasteiger charge is 2.51. The summed E-state index contributed by atoms with van der Waals surface area (Å²) in [5, 5.41) is 11.4. The number of aromatic nitrogens is 3. The lowest BCUT2D eigenvalue weighted by atomic mass is 9.80. The van der Waals surface area contributed by atoms with Gasteiger partial charge in [-0.1, -0.05) is 4.98 Å². The minimum absolute atomic E-state index is 0. The van der Waals surface area contributed by atoms with Gasteiger partial charge in [-0.25, -0.2) is 9.55 Å². The number of H-pyrrole nitrogens is 1. The Kier molecular flexibility index (Phi) is 8.42. The lowest BCUT2D eigenvalue weighted by Crippen LogP contribution is -3.00. The molecule has 3 N–H and O–H groups in total. The number of hydrogen-bond donors (Lipinski definition) is 5. The van der Waals surface area contributed by atoms with Crippen LogP contribution < -0.4 is 27.0 Å². The number of hydrogen-bond acceptors (Lipinski definition) is 7. The van der Waals surface area contributed by atoms with E-state index in [1.165, 1.54) is 0 Å². The van der Waals surface area contributed by atoms with Crippen molar-refractivity contribution in [2.45, 2.75) is 56.6 Å². The van der Waals surface area contributed by atoms with Gasteiger partial charge in [-0.2, -0.15) is 25.3 Å². The van der Waals surface area contributed by atoms with Crippen LogP contribution in [0.2, 0.25) is 0 Å². The van der Waals surface area contributed by atoms with Crippen molar-refractivity contribution in [3.8, 4) is 11.7 Å². The highest BCUT2D eigenvalue weighted by atomic mass is 35.5. The molecule has 39 heavy (non-hydrogen) atoms. The Labute approximate surface area is 244 Å². The summed E-state index contributed by atoms with van der Waals surface area (Å²) in [6.45, 7) is 9.15. The molecule has 4 rings (SSSR count). The van der Waals surface area contributed by atoms with Crippen LogP contribution in [0.4, 0.5) is 0 Å². The molecule has 0 saturated carbocycles. The molecule has 1 amide bonds. The molecule has 1 atom stereocenters. The molecule has 0 saturated heterocycles. The van der Waals surface area contributed by atoms with Crippen molar-refractivity contribution in [2.24, 2.45) is 0 Å². The van der Waals surface area contributed by atoms with Crippen molar-refractivity contribution in [2.75, 3.05) is 19.4 Å². The summed E-state index contributed by atoms with van der Waals surface area (Å²) >= 11 is 9.01. The molecule has 3 aromatic rings. The van der Waals surface area contributed by atoms with Gasteiger partial charge in [0.2, 0.25) is 5.91 Å². The number of aromatic amines is 1. The van der Waals surface area contributed by atoms with Crippen molar-refractivity contribution in [3.63, 3.8) is 0 Å². The van der Waals surface area contributed by atoms with Crippen LogP contribution in [-0.4, -0.2) is 56.9 Å².